The number of nitrogens with zero attached hydrogens (tertiary/aromatic N) is 2. The van der Waals surface area contributed by atoms with E-state index in [2.05, 4.69) is 27.4 Å². The van der Waals surface area contributed by atoms with Crippen LogP contribution in [-0.2, 0) is 0 Å². The lowest BCUT2D eigenvalue weighted by Crippen LogP contribution is -1.98. The van der Waals surface area contributed by atoms with Crippen molar-refractivity contribution in [3.05, 3.63) is 66.7 Å². The highest BCUT2D eigenvalue weighted by Gasteiger charge is 2.07. The third-order valence-corrected chi connectivity index (χ3v) is 3.88. The summed E-state index contributed by atoms with van der Waals surface area (Å²) in [7, 11) is 1.87. The molecule has 1 aromatic heterocycles. The molecule has 0 fully saturated rings. The van der Waals surface area contributed by atoms with Gasteiger partial charge in [0.15, 0.2) is 5.82 Å². The van der Waals surface area contributed by atoms with Gasteiger partial charge in [0.25, 0.3) is 0 Å². The lowest BCUT2D eigenvalue weighted by Gasteiger charge is -2.07. The van der Waals surface area contributed by atoms with Crippen LogP contribution in [0.25, 0.3) is 11.4 Å². The molecule has 0 aliphatic carbocycles. The number of aromatic nitrogens is 2. The van der Waals surface area contributed by atoms with Crippen LogP contribution >= 0.6 is 11.8 Å². The highest BCUT2D eigenvalue weighted by atomic mass is 32.2. The fourth-order valence-corrected chi connectivity index (χ4v) is 2.77. The fraction of sp³-hybridized carbons (Fsp3) is 0.0588. The van der Waals surface area contributed by atoms with Crippen LogP contribution in [0.5, 0.6) is 0 Å². The second-order valence-corrected chi connectivity index (χ2v) is 5.54. The fourth-order valence-electron chi connectivity index (χ4n) is 1.93. The lowest BCUT2D eigenvalue weighted by molar-refractivity contribution is 1.06. The minimum absolute atomic E-state index is 0.737. The zero-order chi connectivity index (χ0) is 14.5. The lowest BCUT2D eigenvalue weighted by atomic mass is 10.2. The highest BCUT2D eigenvalue weighted by molar-refractivity contribution is 7.99. The number of nitrogens with one attached hydrogen (secondary N) is 1. The van der Waals surface area contributed by atoms with E-state index in [1.165, 1.54) is 0 Å². The summed E-state index contributed by atoms with van der Waals surface area (Å²) >= 11 is 1.63. The van der Waals surface area contributed by atoms with Gasteiger partial charge in [-0.15, -0.1) is 0 Å². The maximum absolute atomic E-state index is 4.66. The summed E-state index contributed by atoms with van der Waals surface area (Å²) in [6, 6.07) is 22.2. The van der Waals surface area contributed by atoms with Crippen molar-refractivity contribution in [1.29, 1.82) is 0 Å². The number of hydrogen-bond acceptors (Lipinski definition) is 4. The molecule has 0 radical (unpaired) electrons. The Labute approximate surface area is 128 Å². The first-order valence-electron chi connectivity index (χ1n) is 6.70. The SMILES string of the molecule is CNc1cc(Sc2ccccc2)nc(-c2ccccc2)n1. The van der Waals surface area contributed by atoms with Crippen molar-refractivity contribution in [3.63, 3.8) is 0 Å². The van der Waals surface area contributed by atoms with E-state index in [0.717, 1.165) is 27.1 Å². The molecule has 1 N–H and O–H groups in total. The van der Waals surface area contributed by atoms with Crippen LogP contribution in [0.15, 0.2) is 76.7 Å². The van der Waals surface area contributed by atoms with Crippen LogP contribution in [-0.4, -0.2) is 17.0 Å². The van der Waals surface area contributed by atoms with Crippen LogP contribution in [0.2, 0.25) is 0 Å². The number of benzene rings is 2. The molecule has 4 heteroatoms. The minimum Gasteiger partial charge on any atom is -0.373 e. The van der Waals surface area contributed by atoms with Crippen molar-refractivity contribution in [2.45, 2.75) is 9.92 Å². The molecule has 2 aromatic carbocycles. The summed E-state index contributed by atoms with van der Waals surface area (Å²) < 4.78 is 0. The van der Waals surface area contributed by atoms with Crippen LogP contribution < -0.4 is 5.32 Å². The normalized spacial score (nSPS) is 10.3. The van der Waals surface area contributed by atoms with E-state index in [-0.39, 0.29) is 0 Å². The number of rotatable bonds is 4. The van der Waals surface area contributed by atoms with E-state index in [4.69, 9.17) is 0 Å². The quantitative estimate of drug-likeness (QED) is 0.726. The second-order valence-electron chi connectivity index (χ2n) is 4.45. The molecule has 0 unspecified atom stereocenters. The van der Waals surface area contributed by atoms with Gasteiger partial charge in [0.05, 0.1) is 0 Å². The Bertz CT molecular complexity index is 715. The zero-order valence-electron chi connectivity index (χ0n) is 11.7. The van der Waals surface area contributed by atoms with E-state index in [9.17, 15) is 0 Å². The highest BCUT2D eigenvalue weighted by Crippen LogP contribution is 2.29. The third kappa shape index (κ3) is 3.41. The summed E-state index contributed by atoms with van der Waals surface area (Å²) in [5.74, 6) is 1.56. The van der Waals surface area contributed by atoms with E-state index in [1.807, 2.05) is 61.6 Å². The Morgan fingerprint density at radius 3 is 2.19 bits per heavy atom. The van der Waals surface area contributed by atoms with Gasteiger partial charge in [0, 0.05) is 23.6 Å². The van der Waals surface area contributed by atoms with Crippen LogP contribution in [0.3, 0.4) is 0 Å². The monoisotopic (exact) mass is 293 g/mol. The van der Waals surface area contributed by atoms with Gasteiger partial charge in [0.1, 0.15) is 10.8 Å². The predicted octanol–water partition coefficient (Wildman–Crippen LogP) is 4.34. The largest absolute Gasteiger partial charge is 0.373 e. The van der Waals surface area contributed by atoms with Crippen LogP contribution in [0.1, 0.15) is 0 Å². The molecule has 0 atom stereocenters. The average Bonchev–Trinajstić information content (AvgIpc) is 2.56. The van der Waals surface area contributed by atoms with E-state index in [0.29, 0.717) is 0 Å². The molecule has 0 saturated heterocycles. The van der Waals surface area contributed by atoms with Crippen molar-refractivity contribution >= 4 is 17.6 Å². The van der Waals surface area contributed by atoms with Gasteiger partial charge in [-0.25, -0.2) is 9.97 Å². The molecule has 3 nitrogen and oxygen atoms in total. The summed E-state index contributed by atoms with van der Waals surface area (Å²) in [6.45, 7) is 0. The van der Waals surface area contributed by atoms with Gasteiger partial charge < -0.3 is 5.32 Å². The second kappa shape index (κ2) is 6.41. The van der Waals surface area contributed by atoms with Crippen molar-refractivity contribution < 1.29 is 0 Å². The molecular formula is C17H15N3S. The molecule has 0 aliphatic heterocycles. The summed E-state index contributed by atoms with van der Waals surface area (Å²) in [5, 5.41) is 4.03. The Kier molecular flexibility index (Phi) is 4.17. The van der Waals surface area contributed by atoms with Crippen molar-refractivity contribution in [1.82, 2.24) is 9.97 Å². The number of hydrogen-bond donors (Lipinski definition) is 1. The Morgan fingerprint density at radius 2 is 1.52 bits per heavy atom. The first-order valence-corrected chi connectivity index (χ1v) is 7.52. The minimum atomic E-state index is 0.737. The van der Waals surface area contributed by atoms with E-state index >= 15 is 0 Å². The molecule has 1 heterocycles. The van der Waals surface area contributed by atoms with Gasteiger partial charge in [-0.2, -0.15) is 0 Å². The summed E-state index contributed by atoms with van der Waals surface area (Å²) in [5.41, 5.74) is 1.02. The Hall–Kier alpha value is -2.33. The molecular weight excluding hydrogens is 278 g/mol. The van der Waals surface area contributed by atoms with Gasteiger partial charge >= 0.3 is 0 Å². The molecule has 0 amide bonds. The Balaban J connectivity index is 1.98. The molecule has 104 valence electrons. The Morgan fingerprint density at radius 1 is 0.857 bits per heavy atom. The molecule has 21 heavy (non-hydrogen) atoms. The van der Waals surface area contributed by atoms with Crippen LogP contribution in [0, 0.1) is 0 Å². The van der Waals surface area contributed by atoms with Gasteiger partial charge in [-0.05, 0) is 12.1 Å². The summed E-state index contributed by atoms with van der Waals surface area (Å²) in [6.07, 6.45) is 0. The van der Waals surface area contributed by atoms with Crippen LogP contribution in [0.4, 0.5) is 5.82 Å². The van der Waals surface area contributed by atoms with E-state index in [1.54, 1.807) is 11.8 Å². The van der Waals surface area contributed by atoms with Crippen molar-refractivity contribution in [3.8, 4) is 11.4 Å². The average molecular weight is 293 g/mol. The molecule has 0 bridgehead atoms. The molecule has 3 rings (SSSR count). The maximum atomic E-state index is 4.66. The van der Waals surface area contributed by atoms with Gasteiger partial charge in [-0.1, -0.05) is 60.3 Å². The topological polar surface area (TPSA) is 37.8 Å². The third-order valence-electron chi connectivity index (χ3n) is 2.96. The van der Waals surface area contributed by atoms with Gasteiger partial charge in [0.2, 0.25) is 0 Å². The van der Waals surface area contributed by atoms with Gasteiger partial charge in [-0.3, -0.25) is 0 Å². The smallest absolute Gasteiger partial charge is 0.162 e. The number of anilines is 1. The predicted molar refractivity (Wildman–Crippen MR) is 87.6 cm³/mol. The molecule has 0 saturated carbocycles. The molecule has 3 aromatic rings. The first kappa shape index (κ1) is 13.6. The maximum Gasteiger partial charge on any atom is 0.162 e. The molecule has 0 spiro atoms. The zero-order valence-corrected chi connectivity index (χ0v) is 12.5. The first-order chi connectivity index (χ1) is 10.3. The summed E-state index contributed by atoms with van der Waals surface area (Å²) in [4.78, 5) is 10.4. The standard InChI is InChI=1S/C17H15N3S/c1-18-15-12-16(21-14-10-6-3-7-11-14)20-17(19-15)13-8-4-2-5-9-13/h2-12H,1H3,(H,18,19,20). The molecule has 0 aliphatic rings. The van der Waals surface area contributed by atoms with Crippen molar-refractivity contribution in [2.75, 3.05) is 12.4 Å². The van der Waals surface area contributed by atoms with E-state index < -0.39 is 0 Å². The van der Waals surface area contributed by atoms with Crippen molar-refractivity contribution in [2.24, 2.45) is 0 Å².